The molecule has 0 aliphatic heterocycles. The van der Waals surface area contributed by atoms with Crippen LogP contribution in [-0.2, 0) is 4.79 Å². The SMILES string of the molecule is Cc1ccc(NCC(=O)CCN)cc1. The molecule has 0 saturated carbocycles. The Morgan fingerprint density at radius 2 is 2.00 bits per heavy atom. The highest BCUT2D eigenvalue weighted by Crippen LogP contribution is 2.07. The van der Waals surface area contributed by atoms with Crippen molar-refractivity contribution < 1.29 is 4.79 Å². The normalized spacial score (nSPS) is 9.86. The van der Waals surface area contributed by atoms with E-state index in [9.17, 15) is 4.79 Å². The molecule has 0 amide bonds. The van der Waals surface area contributed by atoms with Crippen LogP contribution in [0.2, 0.25) is 0 Å². The van der Waals surface area contributed by atoms with Gasteiger partial charge in [0.2, 0.25) is 0 Å². The molecule has 1 rings (SSSR count). The Labute approximate surface area is 84.3 Å². The predicted octanol–water partition coefficient (Wildman–Crippen LogP) is 1.32. The van der Waals surface area contributed by atoms with Gasteiger partial charge < -0.3 is 11.1 Å². The molecule has 1 aromatic carbocycles. The van der Waals surface area contributed by atoms with E-state index in [1.165, 1.54) is 5.56 Å². The van der Waals surface area contributed by atoms with E-state index in [0.717, 1.165) is 5.69 Å². The Kier molecular flexibility index (Phi) is 4.13. The van der Waals surface area contributed by atoms with Crippen LogP contribution in [0.3, 0.4) is 0 Å². The summed E-state index contributed by atoms with van der Waals surface area (Å²) < 4.78 is 0. The van der Waals surface area contributed by atoms with E-state index in [2.05, 4.69) is 5.32 Å². The van der Waals surface area contributed by atoms with Crippen molar-refractivity contribution in [2.45, 2.75) is 13.3 Å². The van der Waals surface area contributed by atoms with E-state index < -0.39 is 0 Å². The smallest absolute Gasteiger partial charge is 0.153 e. The minimum atomic E-state index is 0.146. The maximum atomic E-state index is 11.1. The van der Waals surface area contributed by atoms with Gasteiger partial charge in [-0.1, -0.05) is 17.7 Å². The summed E-state index contributed by atoms with van der Waals surface area (Å²) in [4.78, 5) is 11.1. The summed E-state index contributed by atoms with van der Waals surface area (Å²) in [6.07, 6.45) is 0.443. The average molecular weight is 192 g/mol. The summed E-state index contributed by atoms with van der Waals surface area (Å²) in [6.45, 7) is 2.82. The molecule has 0 bridgehead atoms. The van der Waals surface area contributed by atoms with Crippen molar-refractivity contribution >= 4 is 11.5 Å². The Morgan fingerprint density at radius 1 is 1.36 bits per heavy atom. The van der Waals surface area contributed by atoms with Gasteiger partial charge in [-0.3, -0.25) is 4.79 Å². The van der Waals surface area contributed by atoms with Crippen LogP contribution < -0.4 is 11.1 Å². The zero-order chi connectivity index (χ0) is 10.4. The minimum absolute atomic E-state index is 0.146. The predicted molar refractivity (Wildman–Crippen MR) is 58.3 cm³/mol. The number of rotatable bonds is 5. The van der Waals surface area contributed by atoms with Gasteiger partial charge >= 0.3 is 0 Å². The van der Waals surface area contributed by atoms with Crippen LogP contribution in [0.25, 0.3) is 0 Å². The van der Waals surface area contributed by atoms with Crippen molar-refractivity contribution in [3.63, 3.8) is 0 Å². The largest absolute Gasteiger partial charge is 0.378 e. The number of nitrogens with two attached hydrogens (primary N) is 1. The lowest BCUT2D eigenvalue weighted by atomic mass is 10.2. The number of carbonyl (C=O) groups excluding carboxylic acids is 1. The molecule has 0 aliphatic carbocycles. The van der Waals surface area contributed by atoms with Crippen molar-refractivity contribution in [1.29, 1.82) is 0 Å². The van der Waals surface area contributed by atoms with E-state index in [1.54, 1.807) is 0 Å². The van der Waals surface area contributed by atoms with Crippen LogP contribution in [0.15, 0.2) is 24.3 Å². The Hall–Kier alpha value is -1.35. The highest BCUT2D eigenvalue weighted by Gasteiger charge is 1.99. The number of benzene rings is 1. The molecular formula is C11H16N2O. The fourth-order valence-electron chi connectivity index (χ4n) is 1.12. The van der Waals surface area contributed by atoms with Crippen LogP contribution in [0.5, 0.6) is 0 Å². The quantitative estimate of drug-likeness (QED) is 0.740. The summed E-state index contributed by atoms with van der Waals surface area (Å²) in [5, 5.41) is 3.05. The van der Waals surface area contributed by atoms with E-state index >= 15 is 0 Å². The first kappa shape index (κ1) is 10.7. The van der Waals surface area contributed by atoms with E-state index in [0.29, 0.717) is 19.5 Å². The number of carbonyl (C=O) groups is 1. The fraction of sp³-hybridized carbons (Fsp3) is 0.364. The molecule has 0 aliphatic rings. The third-order valence-corrected chi connectivity index (χ3v) is 1.96. The highest BCUT2D eigenvalue weighted by atomic mass is 16.1. The van der Waals surface area contributed by atoms with Crippen molar-refractivity contribution in [3.8, 4) is 0 Å². The lowest BCUT2D eigenvalue weighted by Crippen LogP contribution is -2.17. The van der Waals surface area contributed by atoms with Gasteiger partial charge in [-0.25, -0.2) is 0 Å². The van der Waals surface area contributed by atoms with Gasteiger partial charge in [0, 0.05) is 12.1 Å². The zero-order valence-corrected chi connectivity index (χ0v) is 8.42. The molecule has 0 unspecified atom stereocenters. The molecule has 0 radical (unpaired) electrons. The van der Waals surface area contributed by atoms with E-state index in [1.807, 2.05) is 31.2 Å². The van der Waals surface area contributed by atoms with Crippen molar-refractivity contribution in [3.05, 3.63) is 29.8 Å². The molecule has 3 heteroatoms. The topological polar surface area (TPSA) is 55.1 Å². The van der Waals surface area contributed by atoms with Crippen LogP contribution in [-0.4, -0.2) is 18.9 Å². The van der Waals surface area contributed by atoms with Gasteiger partial charge in [-0.15, -0.1) is 0 Å². The molecule has 0 heterocycles. The second kappa shape index (κ2) is 5.40. The molecule has 0 saturated heterocycles. The van der Waals surface area contributed by atoms with E-state index in [-0.39, 0.29) is 5.78 Å². The minimum Gasteiger partial charge on any atom is -0.378 e. The Morgan fingerprint density at radius 3 is 2.57 bits per heavy atom. The number of Topliss-reactive ketones (excluding diaryl/α,β-unsaturated/α-hetero) is 1. The molecular weight excluding hydrogens is 176 g/mol. The Bertz CT molecular complexity index is 293. The van der Waals surface area contributed by atoms with Crippen molar-refractivity contribution in [2.75, 3.05) is 18.4 Å². The van der Waals surface area contributed by atoms with Crippen molar-refractivity contribution in [1.82, 2.24) is 0 Å². The summed E-state index contributed by atoms with van der Waals surface area (Å²) in [5.41, 5.74) is 7.45. The van der Waals surface area contributed by atoms with Crippen LogP contribution >= 0.6 is 0 Å². The molecule has 0 atom stereocenters. The summed E-state index contributed by atoms with van der Waals surface area (Å²) in [7, 11) is 0. The Balaban J connectivity index is 2.38. The monoisotopic (exact) mass is 192 g/mol. The molecule has 14 heavy (non-hydrogen) atoms. The number of ketones is 1. The van der Waals surface area contributed by atoms with Gasteiger partial charge in [-0.05, 0) is 25.6 Å². The number of nitrogens with one attached hydrogen (secondary N) is 1. The highest BCUT2D eigenvalue weighted by molar-refractivity contribution is 5.83. The first-order chi connectivity index (χ1) is 6.72. The zero-order valence-electron chi connectivity index (χ0n) is 8.42. The lowest BCUT2D eigenvalue weighted by Gasteiger charge is -2.04. The second-order valence-corrected chi connectivity index (χ2v) is 3.30. The third-order valence-electron chi connectivity index (χ3n) is 1.96. The van der Waals surface area contributed by atoms with Crippen LogP contribution in [0.1, 0.15) is 12.0 Å². The van der Waals surface area contributed by atoms with Gasteiger partial charge in [0.15, 0.2) is 5.78 Å². The van der Waals surface area contributed by atoms with Gasteiger partial charge in [0.05, 0.1) is 6.54 Å². The second-order valence-electron chi connectivity index (χ2n) is 3.30. The van der Waals surface area contributed by atoms with E-state index in [4.69, 9.17) is 5.73 Å². The molecule has 1 aromatic rings. The van der Waals surface area contributed by atoms with Gasteiger partial charge in [0.25, 0.3) is 0 Å². The van der Waals surface area contributed by atoms with Crippen LogP contribution in [0, 0.1) is 6.92 Å². The summed E-state index contributed by atoms with van der Waals surface area (Å²) in [6, 6.07) is 7.95. The molecule has 3 nitrogen and oxygen atoms in total. The first-order valence-corrected chi connectivity index (χ1v) is 4.74. The maximum absolute atomic E-state index is 11.1. The molecule has 76 valence electrons. The maximum Gasteiger partial charge on any atom is 0.153 e. The molecule has 0 aromatic heterocycles. The van der Waals surface area contributed by atoms with Crippen LogP contribution in [0.4, 0.5) is 5.69 Å². The van der Waals surface area contributed by atoms with Crippen molar-refractivity contribution in [2.24, 2.45) is 5.73 Å². The number of hydrogen-bond donors (Lipinski definition) is 2. The summed E-state index contributed by atoms with van der Waals surface area (Å²) in [5.74, 6) is 0.146. The number of anilines is 1. The van der Waals surface area contributed by atoms with Gasteiger partial charge in [-0.2, -0.15) is 0 Å². The molecule has 0 fully saturated rings. The number of hydrogen-bond acceptors (Lipinski definition) is 3. The van der Waals surface area contributed by atoms with Gasteiger partial charge in [0.1, 0.15) is 0 Å². The standard InChI is InChI=1S/C11H16N2O/c1-9-2-4-10(5-3-9)13-8-11(14)6-7-12/h2-5,13H,6-8,12H2,1H3. The number of aryl methyl sites for hydroxylation is 1. The fourth-order valence-corrected chi connectivity index (χ4v) is 1.12. The summed E-state index contributed by atoms with van der Waals surface area (Å²) >= 11 is 0. The molecule has 3 N–H and O–H groups in total. The first-order valence-electron chi connectivity index (χ1n) is 4.74. The average Bonchev–Trinajstić information content (AvgIpc) is 2.17. The lowest BCUT2D eigenvalue weighted by molar-refractivity contribution is -0.117. The molecule has 0 spiro atoms. The third kappa shape index (κ3) is 3.58.